The number of carbonyl (C=O) groups is 1. The van der Waals surface area contributed by atoms with Crippen molar-refractivity contribution in [2.75, 3.05) is 0 Å². The molecule has 1 aliphatic rings. The Labute approximate surface area is 174 Å². The molecule has 2 aromatic heterocycles. The highest BCUT2D eigenvalue weighted by Crippen LogP contribution is 2.40. The van der Waals surface area contributed by atoms with Crippen LogP contribution in [0.2, 0.25) is 0 Å². The molecule has 2 heterocycles. The van der Waals surface area contributed by atoms with Crippen LogP contribution in [0.1, 0.15) is 24.8 Å². The van der Waals surface area contributed by atoms with E-state index >= 15 is 0 Å². The summed E-state index contributed by atoms with van der Waals surface area (Å²) in [5.74, 6) is 0.320. The van der Waals surface area contributed by atoms with Crippen LogP contribution >= 0.6 is 0 Å². The molecule has 6 heteroatoms. The fourth-order valence-electron chi connectivity index (χ4n) is 4.11. The molecule has 1 fully saturated rings. The lowest BCUT2D eigenvalue weighted by atomic mass is 9.72. The minimum absolute atomic E-state index is 0.206. The summed E-state index contributed by atoms with van der Waals surface area (Å²) in [6.45, 7) is 0. The molecule has 0 saturated heterocycles. The van der Waals surface area contributed by atoms with Gasteiger partial charge in [-0.15, -0.1) is 0 Å². The highest BCUT2D eigenvalue weighted by Gasteiger charge is 2.34. The quantitative estimate of drug-likeness (QED) is 0.530. The average Bonchev–Trinajstić information content (AvgIpc) is 3.13. The van der Waals surface area contributed by atoms with E-state index in [1.54, 1.807) is 12.1 Å². The Morgan fingerprint density at radius 2 is 1.70 bits per heavy atom. The maximum Gasteiger partial charge on any atom is 0.410 e. The van der Waals surface area contributed by atoms with E-state index in [4.69, 9.17) is 21.2 Å². The lowest BCUT2D eigenvalue weighted by Crippen LogP contribution is -2.43. The van der Waals surface area contributed by atoms with Gasteiger partial charge in [0.1, 0.15) is 0 Å². The van der Waals surface area contributed by atoms with Crippen molar-refractivity contribution in [3.05, 3.63) is 78.5 Å². The van der Waals surface area contributed by atoms with Gasteiger partial charge in [0.15, 0.2) is 11.4 Å². The van der Waals surface area contributed by atoms with Crippen molar-refractivity contribution in [3.8, 4) is 28.3 Å². The summed E-state index contributed by atoms with van der Waals surface area (Å²) in [5, 5.41) is 0. The number of aromatic nitrogens is 2. The molecule has 4 aromatic rings. The maximum atomic E-state index is 11.4. The third-order valence-electron chi connectivity index (χ3n) is 5.85. The van der Waals surface area contributed by atoms with Crippen molar-refractivity contribution in [1.82, 2.24) is 9.38 Å². The number of rotatable bonds is 4. The van der Waals surface area contributed by atoms with Gasteiger partial charge >= 0.3 is 6.09 Å². The summed E-state index contributed by atoms with van der Waals surface area (Å²) in [7, 11) is 0. The highest BCUT2D eigenvalue weighted by molar-refractivity contribution is 5.84. The molecule has 4 N–H and O–H groups in total. The van der Waals surface area contributed by atoms with Crippen LogP contribution in [-0.4, -0.2) is 15.5 Å². The Morgan fingerprint density at radius 3 is 2.33 bits per heavy atom. The Balaban J connectivity index is 1.69. The third kappa shape index (κ3) is 3.02. The first-order valence-corrected chi connectivity index (χ1v) is 9.99. The number of pyridine rings is 1. The van der Waals surface area contributed by atoms with Crippen LogP contribution in [0.15, 0.2) is 72.9 Å². The van der Waals surface area contributed by atoms with E-state index in [0.717, 1.165) is 40.9 Å². The van der Waals surface area contributed by atoms with Gasteiger partial charge in [0.05, 0.1) is 11.4 Å². The van der Waals surface area contributed by atoms with Gasteiger partial charge in [0.25, 0.3) is 0 Å². The zero-order valence-corrected chi connectivity index (χ0v) is 16.4. The largest absolute Gasteiger partial charge is 0.410 e. The van der Waals surface area contributed by atoms with E-state index in [1.807, 2.05) is 40.9 Å². The minimum atomic E-state index is -0.869. The van der Waals surface area contributed by atoms with Crippen molar-refractivity contribution in [2.24, 2.45) is 11.5 Å². The number of primary amides is 1. The average molecular weight is 398 g/mol. The molecule has 0 aliphatic heterocycles. The van der Waals surface area contributed by atoms with Gasteiger partial charge in [-0.25, -0.2) is 9.78 Å². The zero-order chi connectivity index (χ0) is 20.7. The Hall–Kier alpha value is -3.64. The van der Waals surface area contributed by atoms with E-state index in [-0.39, 0.29) is 5.54 Å². The Morgan fingerprint density at radius 1 is 0.967 bits per heavy atom. The van der Waals surface area contributed by atoms with Crippen molar-refractivity contribution in [2.45, 2.75) is 24.8 Å². The van der Waals surface area contributed by atoms with Gasteiger partial charge < -0.3 is 16.2 Å². The number of nitrogens with zero attached hydrogens (tertiary/aromatic N) is 2. The molecule has 6 nitrogen and oxygen atoms in total. The first-order valence-electron chi connectivity index (χ1n) is 9.99. The number of carbonyl (C=O) groups excluding carboxylic acids is 1. The Kier molecular flexibility index (Phi) is 4.29. The number of hydrogen-bond donors (Lipinski definition) is 2. The number of fused-ring (bicyclic) bond motifs is 1. The molecule has 30 heavy (non-hydrogen) atoms. The molecule has 5 rings (SSSR count). The molecule has 0 atom stereocenters. The van der Waals surface area contributed by atoms with Gasteiger partial charge in [0.2, 0.25) is 0 Å². The van der Waals surface area contributed by atoms with E-state index in [9.17, 15) is 4.79 Å². The minimum Gasteiger partial charge on any atom is -0.406 e. The van der Waals surface area contributed by atoms with Crippen LogP contribution in [0.5, 0.6) is 5.75 Å². The van der Waals surface area contributed by atoms with Crippen molar-refractivity contribution in [3.63, 3.8) is 0 Å². The summed E-state index contributed by atoms with van der Waals surface area (Å²) in [5.41, 5.74) is 16.9. The topological polar surface area (TPSA) is 95.6 Å². The maximum absolute atomic E-state index is 11.4. The molecule has 0 unspecified atom stereocenters. The van der Waals surface area contributed by atoms with Crippen LogP contribution in [-0.2, 0) is 5.54 Å². The number of amides is 1. The van der Waals surface area contributed by atoms with Crippen molar-refractivity contribution in [1.29, 1.82) is 0 Å². The molecule has 0 bridgehead atoms. The van der Waals surface area contributed by atoms with Gasteiger partial charge in [-0.05, 0) is 37.0 Å². The van der Waals surface area contributed by atoms with Crippen LogP contribution < -0.4 is 16.2 Å². The molecule has 1 saturated carbocycles. The van der Waals surface area contributed by atoms with E-state index < -0.39 is 6.09 Å². The van der Waals surface area contributed by atoms with Gasteiger partial charge in [-0.2, -0.15) is 0 Å². The van der Waals surface area contributed by atoms with E-state index in [0.29, 0.717) is 11.4 Å². The molecule has 0 radical (unpaired) electrons. The number of nitrogens with two attached hydrogens (primary N) is 2. The fourth-order valence-corrected chi connectivity index (χ4v) is 4.11. The lowest BCUT2D eigenvalue weighted by molar-refractivity contribution is 0.211. The van der Waals surface area contributed by atoms with Crippen LogP contribution in [0, 0.1) is 0 Å². The van der Waals surface area contributed by atoms with E-state index in [2.05, 4.69) is 24.3 Å². The molecule has 2 aromatic carbocycles. The second-order valence-electron chi connectivity index (χ2n) is 7.75. The summed E-state index contributed by atoms with van der Waals surface area (Å²) < 4.78 is 7.12. The first-order chi connectivity index (χ1) is 14.5. The lowest BCUT2D eigenvalue weighted by Gasteiger charge is -2.38. The predicted octanol–water partition coefficient (Wildman–Crippen LogP) is 4.46. The molecular weight excluding hydrogens is 376 g/mol. The van der Waals surface area contributed by atoms with Gasteiger partial charge in [-0.3, -0.25) is 4.40 Å². The molecule has 150 valence electrons. The van der Waals surface area contributed by atoms with Crippen LogP contribution in [0.4, 0.5) is 4.79 Å². The summed E-state index contributed by atoms with van der Waals surface area (Å²) >= 11 is 0. The third-order valence-corrected chi connectivity index (χ3v) is 5.85. The zero-order valence-electron chi connectivity index (χ0n) is 16.4. The summed E-state index contributed by atoms with van der Waals surface area (Å²) in [6, 6.07) is 21.8. The predicted molar refractivity (Wildman–Crippen MR) is 116 cm³/mol. The first kappa shape index (κ1) is 18.4. The van der Waals surface area contributed by atoms with E-state index in [1.165, 1.54) is 6.42 Å². The second-order valence-corrected chi connectivity index (χ2v) is 7.75. The fraction of sp³-hybridized carbons (Fsp3) is 0.167. The van der Waals surface area contributed by atoms with Crippen LogP contribution in [0.3, 0.4) is 0 Å². The smallest absolute Gasteiger partial charge is 0.406 e. The second kappa shape index (κ2) is 7.00. The van der Waals surface area contributed by atoms with Crippen molar-refractivity contribution < 1.29 is 9.53 Å². The van der Waals surface area contributed by atoms with Crippen LogP contribution in [0.25, 0.3) is 28.2 Å². The number of ether oxygens (including phenoxy) is 1. The molecule has 0 spiro atoms. The van der Waals surface area contributed by atoms with Gasteiger partial charge in [-0.1, -0.05) is 54.6 Å². The normalized spacial score (nSPS) is 15.0. The summed E-state index contributed by atoms with van der Waals surface area (Å²) in [6.07, 6.45) is 4.24. The number of imidazole rings is 1. The molecule has 1 aliphatic carbocycles. The van der Waals surface area contributed by atoms with Crippen molar-refractivity contribution >= 4 is 11.7 Å². The molecular formula is C24H22N4O2. The Bertz CT molecular complexity index is 1230. The number of hydrogen-bond acceptors (Lipinski definition) is 4. The highest BCUT2D eigenvalue weighted by atomic mass is 16.5. The number of benzene rings is 2. The SMILES string of the molecule is NC(=O)Oc1cccn2c(-c3ccccc3)c(-c3ccc(C4(N)CCC4)cc3)nc12. The standard InChI is InChI=1S/C24H22N4O2/c25-23(29)30-19-8-4-15-28-21(17-6-2-1-3-7-17)20(27-22(19)28)16-9-11-18(12-10-16)24(26)13-5-14-24/h1-4,6-12,15H,5,13-14,26H2,(H2,25,29). The molecule has 1 amide bonds. The van der Waals surface area contributed by atoms with Gasteiger partial charge in [0, 0.05) is 22.9 Å². The monoisotopic (exact) mass is 398 g/mol. The summed E-state index contributed by atoms with van der Waals surface area (Å²) in [4.78, 5) is 16.2.